The molecule has 2 aromatic rings. The molecular formula is C18H21ClN6OS2. The van der Waals surface area contributed by atoms with Crippen LogP contribution in [0.3, 0.4) is 0 Å². The number of thioether (sulfide) groups is 2. The highest BCUT2D eigenvalue weighted by molar-refractivity contribution is 8.14. The van der Waals surface area contributed by atoms with Crippen LogP contribution in [0.4, 0.5) is 0 Å². The first-order valence-corrected chi connectivity index (χ1v) is 11.0. The maximum absolute atomic E-state index is 11.0. The van der Waals surface area contributed by atoms with Gasteiger partial charge in [0.15, 0.2) is 10.3 Å². The highest BCUT2D eigenvalue weighted by Gasteiger charge is 2.17. The maximum Gasteiger partial charge on any atom is 0.248 e. The summed E-state index contributed by atoms with van der Waals surface area (Å²) in [7, 11) is 0. The van der Waals surface area contributed by atoms with Crippen molar-refractivity contribution in [2.45, 2.75) is 24.9 Å². The van der Waals surface area contributed by atoms with Crippen molar-refractivity contribution in [1.82, 2.24) is 9.97 Å². The summed E-state index contributed by atoms with van der Waals surface area (Å²) in [5.41, 5.74) is 13.2. The number of aromatic amines is 1. The maximum atomic E-state index is 11.0. The second-order valence-corrected chi connectivity index (χ2v) is 8.79. The Balaban J connectivity index is 0.000000161. The molecular weight excluding hydrogens is 416 g/mol. The van der Waals surface area contributed by atoms with Gasteiger partial charge in [0.05, 0.1) is 12.1 Å². The van der Waals surface area contributed by atoms with Crippen LogP contribution < -0.4 is 17.0 Å². The van der Waals surface area contributed by atoms with Gasteiger partial charge in [-0.25, -0.2) is 4.98 Å². The van der Waals surface area contributed by atoms with Gasteiger partial charge in [-0.2, -0.15) is 0 Å². The van der Waals surface area contributed by atoms with Gasteiger partial charge in [-0.1, -0.05) is 35.1 Å². The third kappa shape index (κ3) is 6.57. The first-order chi connectivity index (χ1) is 13.5. The molecule has 0 radical (unpaired) electrons. The van der Waals surface area contributed by atoms with E-state index in [0.29, 0.717) is 21.5 Å². The molecule has 5 N–H and O–H groups in total. The molecule has 0 saturated carbocycles. The summed E-state index contributed by atoms with van der Waals surface area (Å²) in [4.78, 5) is 26.1. The number of amidine groups is 2. The number of rotatable bonds is 4. The van der Waals surface area contributed by atoms with Crippen LogP contribution in [-0.4, -0.2) is 43.9 Å². The predicted molar refractivity (Wildman–Crippen MR) is 119 cm³/mol. The Morgan fingerprint density at radius 2 is 1.64 bits per heavy atom. The minimum absolute atomic E-state index is 0.0647. The van der Waals surface area contributed by atoms with Crippen LogP contribution in [0, 0.1) is 0 Å². The fraction of sp³-hybridized carbons (Fsp3) is 0.333. The largest absolute Gasteiger partial charge is 0.379 e. The monoisotopic (exact) mass is 436 g/mol. The smallest absolute Gasteiger partial charge is 0.248 e. The van der Waals surface area contributed by atoms with E-state index in [9.17, 15) is 4.79 Å². The molecule has 2 aromatic heterocycles. The van der Waals surface area contributed by atoms with E-state index in [4.69, 9.17) is 23.1 Å². The van der Waals surface area contributed by atoms with E-state index in [1.807, 2.05) is 18.2 Å². The van der Waals surface area contributed by atoms with Crippen molar-refractivity contribution in [2.24, 2.45) is 21.5 Å². The van der Waals surface area contributed by atoms with Crippen LogP contribution in [0.15, 0.2) is 51.4 Å². The number of pyridine rings is 2. The second-order valence-electron chi connectivity index (χ2n) is 6.32. The van der Waals surface area contributed by atoms with Gasteiger partial charge in [0.1, 0.15) is 5.15 Å². The first kappa shape index (κ1) is 20.8. The fourth-order valence-corrected chi connectivity index (χ4v) is 4.57. The molecule has 7 nitrogen and oxygen atoms in total. The highest BCUT2D eigenvalue weighted by atomic mass is 35.5. The van der Waals surface area contributed by atoms with Crippen molar-refractivity contribution in [3.05, 3.63) is 63.3 Å². The molecule has 0 spiro atoms. The number of aliphatic imine (C=N–C) groups is 2. The SMILES string of the molecule is NC1=NC(Cc2cc[nH]c(=O)c2)CS1.NC1=NC(Cc2ccnc(Cl)c2)CS1. The summed E-state index contributed by atoms with van der Waals surface area (Å²) < 4.78 is 0. The minimum atomic E-state index is -0.0647. The third-order valence-electron chi connectivity index (χ3n) is 4.04. The number of hydrogen-bond acceptors (Lipinski definition) is 8. The summed E-state index contributed by atoms with van der Waals surface area (Å²) in [6.45, 7) is 0. The van der Waals surface area contributed by atoms with E-state index >= 15 is 0 Å². The molecule has 4 heterocycles. The molecule has 0 aromatic carbocycles. The van der Waals surface area contributed by atoms with E-state index in [1.54, 1.807) is 42.0 Å². The lowest BCUT2D eigenvalue weighted by Crippen LogP contribution is -2.11. The number of hydrogen-bond donors (Lipinski definition) is 3. The Kier molecular flexibility index (Phi) is 7.41. The van der Waals surface area contributed by atoms with Crippen LogP contribution >= 0.6 is 35.1 Å². The summed E-state index contributed by atoms with van der Waals surface area (Å²) in [5, 5.41) is 1.88. The molecule has 148 valence electrons. The van der Waals surface area contributed by atoms with Gasteiger partial charge in [-0.3, -0.25) is 14.8 Å². The Bertz CT molecular complexity index is 932. The van der Waals surface area contributed by atoms with Gasteiger partial charge in [0.25, 0.3) is 0 Å². The summed E-state index contributed by atoms with van der Waals surface area (Å²) >= 11 is 8.96. The van der Waals surface area contributed by atoms with Crippen LogP contribution in [0.1, 0.15) is 11.1 Å². The van der Waals surface area contributed by atoms with Crippen molar-refractivity contribution < 1.29 is 0 Å². The zero-order valence-corrected chi connectivity index (χ0v) is 17.4. The summed E-state index contributed by atoms with van der Waals surface area (Å²) in [5.74, 6) is 1.88. The lowest BCUT2D eigenvalue weighted by atomic mass is 10.1. The first-order valence-electron chi connectivity index (χ1n) is 8.68. The van der Waals surface area contributed by atoms with Crippen molar-refractivity contribution in [3.63, 3.8) is 0 Å². The topological polar surface area (TPSA) is 123 Å². The highest BCUT2D eigenvalue weighted by Crippen LogP contribution is 2.19. The van der Waals surface area contributed by atoms with E-state index < -0.39 is 0 Å². The molecule has 0 amide bonds. The van der Waals surface area contributed by atoms with Crippen molar-refractivity contribution in [3.8, 4) is 0 Å². The van der Waals surface area contributed by atoms with Gasteiger partial charge in [0, 0.05) is 30.0 Å². The zero-order chi connectivity index (χ0) is 19.9. The van der Waals surface area contributed by atoms with E-state index in [0.717, 1.165) is 35.5 Å². The number of nitrogens with two attached hydrogens (primary N) is 2. The standard InChI is InChI=1S/C9H10ClN3S.C9H11N3OS/c10-8-4-6(1-2-12-8)3-7-5-14-9(11)13-7;10-9-12-7(5-14-9)3-6-1-2-11-8(13)4-6/h1-2,4,7H,3,5H2,(H2,11,13);1-2,4,7H,3,5H2,(H2,10,12)(H,11,13). The van der Waals surface area contributed by atoms with Gasteiger partial charge in [0.2, 0.25) is 5.56 Å². The van der Waals surface area contributed by atoms with Crippen molar-refractivity contribution in [1.29, 1.82) is 0 Å². The van der Waals surface area contributed by atoms with Crippen molar-refractivity contribution in [2.75, 3.05) is 11.5 Å². The fourth-order valence-electron chi connectivity index (χ4n) is 2.81. The Morgan fingerprint density at radius 3 is 2.14 bits per heavy atom. The molecule has 10 heteroatoms. The number of H-pyrrole nitrogens is 1. The Labute approximate surface area is 176 Å². The van der Waals surface area contributed by atoms with Gasteiger partial charge >= 0.3 is 0 Å². The number of nitrogens with zero attached hydrogens (tertiary/aromatic N) is 3. The zero-order valence-electron chi connectivity index (χ0n) is 15.0. The lowest BCUT2D eigenvalue weighted by molar-refractivity contribution is 0.760. The Morgan fingerprint density at radius 1 is 1.04 bits per heavy atom. The predicted octanol–water partition coefficient (Wildman–Crippen LogP) is 2.06. The molecule has 0 fully saturated rings. The minimum Gasteiger partial charge on any atom is -0.379 e. The van der Waals surface area contributed by atoms with Crippen LogP contribution in [0.25, 0.3) is 0 Å². The van der Waals surface area contributed by atoms with Crippen LogP contribution in [0.5, 0.6) is 0 Å². The third-order valence-corrected chi connectivity index (χ3v) is 6.15. The Hall–Kier alpha value is -1.97. The average molecular weight is 437 g/mol. The average Bonchev–Trinajstić information content (AvgIpc) is 3.23. The van der Waals surface area contributed by atoms with Gasteiger partial charge in [-0.05, 0) is 42.2 Å². The summed E-state index contributed by atoms with van der Waals surface area (Å²) in [6, 6.07) is 7.85. The molecule has 0 saturated heterocycles. The second kappa shape index (κ2) is 9.99. The van der Waals surface area contributed by atoms with Gasteiger partial charge in [-0.15, -0.1) is 0 Å². The van der Waals surface area contributed by atoms with E-state index in [-0.39, 0.29) is 11.6 Å². The molecule has 0 bridgehead atoms. The van der Waals surface area contributed by atoms with Crippen LogP contribution in [-0.2, 0) is 12.8 Å². The quantitative estimate of drug-likeness (QED) is 0.630. The van der Waals surface area contributed by atoms with Crippen molar-refractivity contribution >= 4 is 45.5 Å². The molecule has 28 heavy (non-hydrogen) atoms. The van der Waals surface area contributed by atoms with E-state index in [1.165, 1.54) is 0 Å². The number of halogens is 1. The van der Waals surface area contributed by atoms with Crippen LogP contribution in [0.2, 0.25) is 5.15 Å². The molecule has 2 aliphatic heterocycles. The molecule has 2 atom stereocenters. The molecule has 4 rings (SSSR count). The van der Waals surface area contributed by atoms with E-state index in [2.05, 4.69) is 20.0 Å². The molecule has 0 aliphatic carbocycles. The van der Waals surface area contributed by atoms with Gasteiger partial charge < -0.3 is 16.5 Å². The number of aromatic nitrogens is 2. The normalized spacial score (nSPS) is 20.9. The molecule has 2 aliphatic rings. The lowest BCUT2D eigenvalue weighted by Gasteiger charge is -2.05. The molecule has 2 unspecified atom stereocenters. The summed E-state index contributed by atoms with van der Waals surface area (Å²) in [6.07, 6.45) is 5.05. The number of nitrogens with one attached hydrogen (secondary N) is 1.